The lowest BCUT2D eigenvalue weighted by Gasteiger charge is -2.26. The number of rotatable bonds is 2. The van der Waals surface area contributed by atoms with Crippen LogP contribution in [0.5, 0.6) is 0 Å². The van der Waals surface area contributed by atoms with Gasteiger partial charge >= 0.3 is 5.91 Å². The van der Waals surface area contributed by atoms with Crippen molar-refractivity contribution in [3.63, 3.8) is 0 Å². The van der Waals surface area contributed by atoms with Gasteiger partial charge in [-0.25, -0.2) is 4.90 Å². The maximum absolute atomic E-state index is 11.8. The second-order valence-corrected chi connectivity index (χ2v) is 4.83. The van der Waals surface area contributed by atoms with Gasteiger partial charge in [-0.1, -0.05) is 0 Å². The molecule has 0 bridgehead atoms. The van der Waals surface area contributed by atoms with Gasteiger partial charge in [0.15, 0.2) is 0 Å². The van der Waals surface area contributed by atoms with Crippen LogP contribution >= 0.6 is 11.8 Å². The number of hydrogen-bond acceptors (Lipinski definition) is 5. The molecule has 1 heterocycles. The highest BCUT2D eigenvalue weighted by molar-refractivity contribution is 8.00. The van der Waals surface area contributed by atoms with Crippen LogP contribution in [0.25, 0.3) is 0 Å². The second kappa shape index (κ2) is 4.81. The van der Waals surface area contributed by atoms with Gasteiger partial charge in [-0.3, -0.25) is 14.4 Å². The molecule has 5 nitrogen and oxygen atoms in total. The van der Waals surface area contributed by atoms with Crippen LogP contribution in [0.2, 0.25) is 0 Å². The largest absolute Gasteiger partial charge is 0.388 e. The van der Waals surface area contributed by atoms with Gasteiger partial charge in [0.2, 0.25) is 11.7 Å². The summed E-state index contributed by atoms with van der Waals surface area (Å²) in [6, 6.07) is 5.39. The molecule has 0 fully saturated rings. The van der Waals surface area contributed by atoms with E-state index in [0.717, 1.165) is 15.5 Å². The minimum Gasteiger partial charge on any atom is -0.388 e. The Kier molecular flexibility index (Phi) is 3.38. The van der Waals surface area contributed by atoms with Gasteiger partial charge in [-0.2, -0.15) is 0 Å². The van der Waals surface area contributed by atoms with E-state index in [2.05, 4.69) is 5.32 Å². The molecule has 1 aliphatic heterocycles. The Morgan fingerprint density at radius 3 is 2.72 bits per heavy atom. The second-order valence-electron chi connectivity index (χ2n) is 3.81. The summed E-state index contributed by atoms with van der Waals surface area (Å²) in [6.45, 7) is 1.17. The smallest absolute Gasteiger partial charge is 0.300 e. The van der Waals surface area contributed by atoms with Crippen LogP contribution < -0.4 is 10.2 Å². The van der Waals surface area contributed by atoms with Gasteiger partial charge in [-0.15, -0.1) is 11.8 Å². The summed E-state index contributed by atoms with van der Waals surface area (Å²) in [7, 11) is 1.75. The molecule has 2 rings (SSSR count). The summed E-state index contributed by atoms with van der Waals surface area (Å²) in [6.07, 6.45) is 0. The van der Waals surface area contributed by atoms with Crippen LogP contribution in [-0.4, -0.2) is 30.4 Å². The first-order valence-corrected chi connectivity index (χ1v) is 6.35. The maximum Gasteiger partial charge on any atom is 0.300 e. The minimum atomic E-state index is -0.783. The summed E-state index contributed by atoms with van der Waals surface area (Å²) in [5, 5.41) is 2.94. The highest BCUT2D eigenvalue weighted by atomic mass is 32.2. The van der Waals surface area contributed by atoms with E-state index >= 15 is 0 Å². The van der Waals surface area contributed by atoms with Crippen molar-refractivity contribution >= 4 is 40.7 Å². The normalized spacial score (nSPS) is 14.1. The number of thioether (sulfide) groups is 1. The van der Waals surface area contributed by atoms with E-state index in [1.54, 1.807) is 13.1 Å². The molecule has 18 heavy (non-hydrogen) atoms. The van der Waals surface area contributed by atoms with Gasteiger partial charge in [0, 0.05) is 24.6 Å². The summed E-state index contributed by atoms with van der Waals surface area (Å²) in [4.78, 5) is 36.6. The maximum atomic E-state index is 11.8. The van der Waals surface area contributed by atoms with Crippen LogP contribution in [0, 0.1) is 0 Å². The fraction of sp³-hybridized carbons (Fsp3) is 0.250. The molecule has 1 aromatic carbocycles. The number of carbonyl (C=O) groups excluding carboxylic acids is 3. The molecule has 6 heteroatoms. The number of anilines is 2. The minimum absolute atomic E-state index is 0.172. The average molecular weight is 264 g/mol. The highest BCUT2D eigenvalue weighted by Crippen LogP contribution is 2.37. The van der Waals surface area contributed by atoms with Gasteiger partial charge in [0.25, 0.3) is 0 Å². The van der Waals surface area contributed by atoms with Crippen LogP contribution in [0.4, 0.5) is 11.4 Å². The molecule has 1 aromatic rings. The molecule has 0 saturated heterocycles. The zero-order valence-corrected chi connectivity index (χ0v) is 10.8. The molecule has 94 valence electrons. The Balaban J connectivity index is 2.52. The molecule has 0 saturated carbocycles. The number of Topliss-reactive ketones (excluding diaryl/α,β-unsaturated/α-hetero) is 1. The van der Waals surface area contributed by atoms with Crippen molar-refractivity contribution in [2.45, 2.75) is 11.8 Å². The van der Waals surface area contributed by atoms with Crippen molar-refractivity contribution in [2.24, 2.45) is 0 Å². The Morgan fingerprint density at radius 1 is 1.39 bits per heavy atom. The summed E-state index contributed by atoms with van der Waals surface area (Å²) >= 11 is 1.37. The third kappa shape index (κ3) is 2.11. The lowest BCUT2D eigenvalue weighted by Crippen LogP contribution is -2.43. The molecule has 0 aromatic heterocycles. The van der Waals surface area contributed by atoms with Crippen molar-refractivity contribution in [1.82, 2.24) is 0 Å². The predicted octanol–water partition coefficient (Wildman–Crippen LogP) is 1.28. The third-order valence-electron chi connectivity index (χ3n) is 2.59. The third-order valence-corrected chi connectivity index (χ3v) is 3.64. The van der Waals surface area contributed by atoms with Crippen LogP contribution in [-0.2, 0) is 14.4 Å². The van der Waals surface area contributed by atoms with Gasteiger partial charge < -0.3 is 5.32 Å². The number of fused-ring (bicyclic) bond motifs is 1. The molecule has 0 radical (unpaired) electrons. The first-order chi connectivity index (χ1) is 8.54. The molecule has 0 atom stereocenters. The Labute approximate surface area is 109 Å². The number of nitrogens with zero attached hydrogens (tertiary/aromatic N) is 1. The van der Waals surface area contributed by atoms with E-state index < -0.39 is 11.7 Å². The Bertz CT molecular complexity index is 542. The van der Waals surface area contributed by atoms with Gasteiger partial charge in [-0.05, 0) is 18.2 Å². The number of nitrogens with one attached hydrogen (secondary N) is 1. The van der Waals surface area contributed by atoms with Gasteiger partial charge in [0.1, 0.15) is 0 Å². The zero-order valence-electron chi connectivity index (χ0n) is 10.0. The molecule has 1 N–H and O–H groups in total. The van der Waals surface area contributed by atoms with Crippen molar-refractivity contribution in [3.8, 4) is 0 Å². The van der Waals surface area contributed by atoms with E-state index in [9.17, 15) is 14.4 Å². The number of imide groups is 1. The fourth-order valence-corrected chi connectivity index (χ4v) is 2.56. The SMILES string of the molecule is CNc1ccc2c(c1)N(C(=O)C(C)=O)C(=O)CS2. The quantitative estimate of drug-likeness (QED) is 0.815. The molecule has 0 spiro atoms. The molecular formula is C12H12N2O3S. The summed E-state index contributed by atoms with van der Waals surface area (Å²) in [5.74, 6) is -1.61. The fourth-order valence-electron chi connectivity index (χ4n) is 1.69. The molecule has 2 amide bonds. The monoisotopic (exact) mass is 264 g/mol. The van der Waals surface area contributed by atoms with Crippen LogP contribution in [0.15, 0.2) is 23.1 Å². The summed E-state index contributed by atoms with van der Waals surface area (Å²) in [5.41, 5.74) is 1.26. The van der Waals surface area contributed by atoms with Crippen molar-refractivity contribution in [1.29, 1.82) is 0 Å². The number of hydrogen-bond donors (Lipinski definition) is 1. The Morgan fingerprint density at radius 2 is 2.11 bits per heavy atom. The van der Waals surface area contributed by atoms with E-state index in [-0.39, 0.29) is 11.7 Å². The van der Waals surface area contributed by atoms with Crippen molar-refractivity contribution < 1.29 is 14.4 Å². The Hall–Kier alpha value is -1.82. The number of benzene rings is 1. The lowest BCUT2D eigenvalue weighted by atomic mass is 10.2. The van der Waals surface area contributed by atoms with Crippen molar-refractivity contribution in [2.75, 3.05) is 23.0 Å². The van der Waals surface area contributed by atoms with E-state index in [4.69, 9.17) is 0 Å². The van der Waals surface area contributed by atoms with E-state index in [0.29, 0.717) is 5.69 Å². The predicted molar refractivity (Wildman–Crippen MR) is 69.9 cm³/mol. The number of carbonyl (C=O) groups is 3. The first kappa shape index (κ1) is 12.6. The van der Waals surface area contributed by atoms with E-state index in [1.807, 2.05) is 12.1 Å². The number of ketones is 1. The van der Waals surface area contributed by atoms with E-state index in [1.165, 1.54) is 18.7 Å². The average Bonchev–Trinajstić information content (AvgIpc) is 2.37. The zero-order chi connectivity index (χ0) is 13.3. The van der Waals surface area contributed by atoms with Gasteiger partial charge in [0.05, 0.1) is 11.4 Å². The van der Waals surface area contributed by atoms with Crippen LogP contribution in [0.3, 0.4) is 0 Å². The topological polar surface area (TPSA) is 66.5 Å². The first-order valence-electron chi connectivity index (χ1n) is 5.37. The molecule has 0 aliphatic carbocycles. The lowest BCUT2D eigenvalue weighted by molar-refractivity contribution is -0.137. The molecule has 0 unspecified atom stereocenters. The standard InChI is InChI=1S/C12H12N2O3S/c1-7(15)12(17)14-9-5-8(13-2)3-4-10(9)18-6-11(14)16/h3-5,13H,6H2,1-2H3. The van der Waals surface area contributed by atoms with Crippen molar-refractivity contribution in [3.05, 3.63) is 18.2 Å². The highest BCUT2D eigenvalue weighted by Gasteiger charge is 2.32. The van der Waals surface area contributed by atoms with Crippen LogP contribution in [0.1, 0.15) is 6.92 Å². The molecular weight excluding hydrogens is 252 g/mol. The molecule has 1 aliphatic rings. The number of amides is 2. The summed E-state index contributed by atoms with van der Waals surface area (Å²) < 4.78 is 0.